The van der Waals surface area contributed by atoms with Gasteiger partial charge in [0.15, 0.2) is 0 Å². The quantitative estimate of drug-likeness (QED) is 0.677. The second-order valence-electron chi connectivity index (χ2n) is 4.44. The average molecular weight is 225 g/mol. The van der Waals surface area contributed by atoms with Crippen LogP contribution in [-0.2, 0) is 4.79 Å². The van der Waals surface area contributed by atoms with Gasteiger partial charge in [-0.1, -0.05) is 18.6 Å². The van der Waals surface area contributed by atoms with Crippen molar-refractivity contribution < 1.29 is 9.90 Å². The zero-order chi connectivity index (χ0) is 11.8. The summed E-state index contributed by atoms with van der Waals surface area (Å²) in [6.45, 7) is 4.73. The molecule has 0 aromatic carbocycles. The molecule has 0 bridgehead atoms. The van der Waals surface area contributed by atoms with Crippen molar-refractivity contribution >= 4 is 5.97 Å². The first kappa shape index (κ1) is 13.2. The van der Waals surface area contributed by atoms with Crippen molar-refractivity contribution in [3.63, 3.8) is 0 Å². The first-order valence-electron chi connectivity index (χ1n) is 6.34. The van der Waals surface area contributed by atoms with Crippen LogP contribution in [0, 0.1) is 0 Å². The second-order valence-corrected chi connectivity index (χ2v) is 4.44. The van der Waals surface area contributed by atoms with Gasteiger partial charge < -0.3 is 10.0 Å². The van der Waals surface area contributed by atoms with Gasteiger partial charge in [0.1, 0.15) is 0 Å². The van der Waals surface area contributed by atoms with Crippen LogP contribution < -0.4 is 0 Å². The molecule has 0 heterocycles. The molecule has 0 spiro atoms. The normalized spacial score (nSPS) is 16.2. The third kappa shape index (κ3) is 5.31. The zero-order valence-electron chi connectivity index (χ0n) is 10.2. The average Bonchev–Trinajstić information content (AvgIpc) is 2.30. The van der Waals surface area contributed by atoms with Crippen LogP contribution in [0.5, 0.6) is 0 Å². The van der Waals surface area contributed by atoms with Crippen molar-refractivity contribution in [2.75, 3.05) is 19.6 Å². The largest absolute Gasteiger partial charge is 0.481 e. The molecular formula is C13H23NO2. The van der Waals surface area contributed by atoms with Crippen LogP contribution in [0.3, 0.4) is 0 Å². The predicted octanol–water partition coefficient (Wildman–Crippen LogP) is 2.67. The van der Waals surface area contributed by atoms with E-state index in [1.807, 2.05) is 0 Å². The Kier molecular flexibility index (Phi) is 6.16. The van der Waals surface area contributed by atoms with Gasteiger partial charge in [-0.05, 0) is 38.6 Å². The summed E-state index contributed by atoms with van der Waals surface area (Å²) in [4.78, 5) is 12.7. The predicted molar refractivity (Wildman–Crippen MR) is 65.5 cm³/mol. The molecule has 3 heteroatoms. The molecule has 0 amide bonds. The Morgan fingerprint density at radius 3 is 2.81 bits per heavy atom. The molecule has 1 N–H and O–H groups in total. The van der Waals surface area contributed by atoms with Crippen molar-refractivity contribution in [1.82, 2.24) is 4.90 Å². The minimum Gasteiger partial charge on any atom is -0.481 e. The summed E-state index contributed by atoms with van der Waals surface area (Å²) in [7, 11) is 0. The van der Waals surface area contributed by atoms with Crippen LogP contribution in [0.15, 0.2) is 11.6 Å². The Morgan fingerprint density at radius 1 is 1.44 bits per heavy atom. The lowest BCUT2D eigenvalue weighted by Crippen LogP contribution is -2.27. The lowest BCUT2D eigenvalue weighted by atomic mass is 9.97. The summed E-state index contributed by atoms with van der Waals surface area (Å²) in [5.41, 5.74) is 1.57. The number of rotatable bonds is 7. The van der Waals surface area contributed by atoms with Crippen LogP contribution >= 0.6 is 0 Å². The van der Waals surface area contributed by atoms with E-state index < -0.39 is 5.97 Å². The van der Waals surface area contributed by atoms with E-state index in [4.69, 9.17) is 5.11 Å². The highest BCUT2D eigenvalue weighted by Crippen LogP contribution is 2.20. The summed E-state index contributed by atoms with van der Waals surface area (Å²) in [6.07, 6.45) is 8.88. The number of nitrogens with zero attached hydrogens (tertiary/aromatic N) is 1. The highest BCUT2D eigenvalue weighted by atomic mass is 16.4. The molecule has 1 aliphatic carbocycles. The summed E-state index contributed by atoms with van der Waals surface area (Å²) < 4.78 is 0. The Morgan fingerprint density at radius 2 is 2.25 bits per heavy atom. The summed E-state index contributed by atoms with van der Waals surface area (Å²) >= 11 is 0. The third-order valence-corrected chi connectivity index (χ3v) is 3.22. The summed E-state index contributed by atoms with van der Waals surface area (Å²) in [5.74, 6) is -0.699. The SMILES string of the molecule is CCN(CCC(=O)O)CCC1=CCCCC1. The molecule has 0 atom stereocenters. The van der Waals surface area contributed by atoms with E-state index in [0.717, 1.165) is 19.5 Å². The van der Waals surface area contributed by atoms with Crippen molar-refractivity contribution in [2.24, 2.45) is 0 Å². The molecule has 0 unspecified atom stereocenters. The van der Waals surface area contributed by atoms with Crippen molar-refractivity contribution in [3.05, 3.63) is 11.6 Å². The number of carboxylic acid groups (broad SMARTS) is 1. The maximum atomic E-state index is 10.5. The molecule has 0 saturated carbocycles. The van der Waals surface area contributed by atoms with E-state index in [0.29, 0.717) is 6.54 Å². The maximum absolute atomic E-state index is 10.5. The standard InChI is InChI=1S/C13H23NO2/c1-2-14(11-9-13(15)16)10-8-12-6-4-3-5-7-12/h6H,2-5,7-11H2,1H3,(H,15,16). The van der Waals surface area contributed by atoms with Gasteiger partial charge in [0, 0.05) is 13.1 Å². The number of hydrogen-bond acceptors (Lipinski definition) is 2. The molecule has 3 nitrogen and oxygen atoms in total. The maximum Gasteiger partial charge on any atom is 0.304 e. The van der Waals surface area contributed by atoms with Gasteiger partial charge in [-0.2, -0.15) is 0 Å². The Balaban J connectivity index is 2.22. The lowest BCUT2D eigenvalue weighted by Gasteiger charge is -2.21. The van der Waals surface area contributed by atoms with Gasteiger partial charge in [0.05, 0.1) is 6.42 Å². The first-order chi connectivity index (χ1) is 7.72. The molecule has 0 saturated heterocycles. The van der Waals surface area contributed by atoms with E-state index in [1.54, 1.807) is 5.57 Å². The van der Waals surface area contributed by atoms with Gasteiger partial charge >= 0.3 is 5.97 Å². The highest BCUT2D eigenvalue weighted by Gasteiger charge is 2.08. The number of allylic oxidation sites excluding steroid dienone is 1. The van der Waals surface area contributed by atoms with E-state index >= 15 is 0 Å². The number of carbonyl (C=O) groups is 1. The molecule has 1 aliphatic rings. The van der Waals surface area contributed by atoms with Crippen LogP contribution in [-0.4, -0.2) is 35.6 Å². The number of hydrogen-bond donors (Lipinski definition) is 1. The van der Waals surface area contributed by atoms with E-state index in [2.05, 4.69) is 17.9 Å². The minimum absolute atomic E-state index is 0.257. The van der Waals surface area contributed by atoms with Crippen LogP contribution in [0.25, 0.3) is 0 Å². The molecule has 1 rings (SSSR count). The van der Waals surface area contributed by atoms with Crippen LogP contribution in [0.4, 0.5) is 0 Å². The fraction of sp³-hybridized carbons (Fsp3) is 0.769. The van der Waals surface area contributed by atoms with E-state index in [1.165, 1.54) is 25.7 Å². The smallest absolute Gasteiger partial charge is 0.304 e. The van der Waals surface area contributed by atoms with Crippen LogP contribution in [0.1, 0.15) is 45.4 Å². The highest BCUT2D eigenvalue weighted by molar-refractivity contribution is 5.66. The second kappa shape index (κ2) is 7.44. The monoisotopic (exact) mass is 225 g/mol. The molecule has 0 aromatic heterocycles. The Hall–Kier alpha value is -0.830. The van der Waals surface area contributed by atoms with Gasteiger partial charge in [-0.3, -0.25) is 4.79 Å². The first-order valence-corrected chi connectivity index (χ1v) is 6.34. The van der Waals surface area contributed by atoms with Gasteiger partial charge in [0.25, 0.3) is 0 Å². The van der Waals surface area contributed by atoms with Crippen molar-refractivity contribution in [1.29, 1.82) is 0 Å². The number of aliphatic carboxylic acids is 1. The van der Waals surface area contributed by atoms with Gasteiger partial charge in [0.2, 0.25) is 0 Å². The Labute approximate surface area is 98.1 Å². The lowest BCUT2D eigenvalue weighted by molar-refractivity contribution is -0.137. The fourth-order valence-electron chi connectivity index (χ4n) is 2.12. The summed E-state index contributed by atoms with van der Waals surface area (Å²) in [6, 6.07) is 0. The van der Waals surface area contributed by atoms with Gasteiger partial charge in [-0.15, -0.1) is 0 Å². The van der Waals surface area contributed by atoms with Crippen molar-refractivity contribution in [3.8, 4) is 0 Å². The minimum atomic E-state index is -0.699. The molecule has 16 heavy (non-hydrogen) atoms. The fourth-order valence-corrected chi connectivity index (χ4v) is 2.12. The third-order valence-electron chi connectivity index (χ3n) is 3.22. The summed E-state index contributed by atoms with van der Waals surface area (Å²) in [5, 5.41) is 8.64. The van der Waals surface area contributed by atoms with Gasteiger partial charge in [-0.25, -0.2) is 0 Å². The topological polar surface area (TPSA) is 40.5 Å². The van der Waals surface area contributed by atoms with Crippen LogP contribution in [0.2, 0.25) is 0 Å². The molecule has 92 valence electrons. The molecular weight excluding hydrogens is 202 g/mol. The molecule has 0 aromatic rings. The van der Waals surface area contributed by atoms with E-state index in [-0.39, 0.29) is 6.42 Å². The number of carboxylic acids is 1. The zero-order valence-corrected chi connectivity index (χ0v) is 10.2. The molecule has 0 fully saturated rings. The van der Waals surface area contributed by atoms with E-state index in [9.17, 15) is 4.79 Å². The molecule has 0 aliphatic heterocycles. The Bertz CT molecular complexity index is 248. The van der Waals surface area contributed by atoms with Crippen molar-refractivity contribution in [2.45, 2.75) is 45.4 Å². The molecule has 0 radical (unpaired) electrons.